The molecule has 108 valence electrons. The van der Waals surface area contributed by atoms with Gasteiger partial charge in [-0.3, -0.25) is 10.1 Å². The van der Waals surface area contributed by atoms with Gasteiger partial charge in [-0.1, -0.05) is 0 Å². The molecule has 20 heavy (non-hydrogen) atoms. The number of nitrogens with zero attached hydrogens (tertiary/aromatic N) is 1. The van der Waals surface area contributed by atoms with Crippen molar-refractivity contribution in [3.8, 4) is 0 Å². The molecule has 1 saturated heterocycles. The molecule has 2 rings (SSSR count). The van der Waals surface area contributed by atoms with Gasteiger partial charge in [-0.05, 0) is 12.5 Å². The van der Waals surface area contributed by atoms with E-state index in [2.05, 4.69) is 10.1 Å². The van der Waals surface area contributed by atoms with E-state index in [-0.39, 0.29) is 23.9 Å². The summed E-state index contributed by atoms with van der Waals surface area (Å²) in [5.41, 5.74) is -1.11. The fraction of sp³-hybridized carbons (Fsp3) is 0.417. The molecule has 1 aliphatic heterocycles. The van der Waals surface area contributed by atoms with Crippen molar-refractivity contribution in [2.45, 2.75) is 12.5 Å². The molecule has 0 saturated carbocycles. The number of esters is 1. The van der Waals surface area contributed by atoms with Crippen LogP contribution in [0.3, 0.4) is 0 Å². The minimum atomic E-state index is -0.995. The highest BCUT2D eigenvalue weighted by molar-refractivity contribution is 5.92. The Morgan fingerprint density at radius 2 is 2.35 bits per heavy atom. The predicted octanol–water partition coefficient (Wildman–Crippen LogP) is 1.72. The van der Waals surface area contributed by atoms with Crippen molar-refractivity contribution in [1.82, 2.24) is 0 Å². The standard InChI is InChI=1S/C12H13FN2O5/c1-19-12(16)8-2-3-9(15(17)18)11(10(8)13)14-6-7-4-5-20-7/h2-3,7,14H,4-6H2,1H3/t7-/m0/s1. The van der Waals surface area contributed by atoms with Gasteiger partial charge in [0.15, 0.2) is 11.5 Å². The maximum Gasteiger partial charge on any atom is 0.340 e. The van der Waals surface area contributed by atoms with Crippen LogP contribution in [0.1, 0.15) is 16.8 Å². The number of carbonyl (C=O) groups is 1. The number of benzene rings is 1. The molecule has 0 bridgehead atoms. The van der Waals surface area contributed by atoms with Gasteiger partial charge >= 0.3 is 5.97 Å². The predicted molar refractivity (Wildman–Crippen MR) is 67.2 cm³/mol. The van der Waals surface area contributed by atoms with Crippen LogP contribution in [0.4, 0.5) is 15.8 Å². The molecule has 1 aromatic carbocycles. The molecule has 7 nitrogen and oxygen atoms in total. The van der Waals surface area contributed by atoms with Crippen molar-refractivity contribution >= 4 is 17.3 Å². The molecule has 1 atom stereocenters. The van der Waals surface area contributed by atoms with E-state index >= 15 is 0 Å². The SMILES string of the molecule is COC(=O)c1ccc([N+](=O)[O-])c(NC[C@@H]2CCO2)c1F. The second-order valence-corrected chi connectivity index (χ2v) is 4.23. The minimum Gasteiger partial charge on any atom is -0.465 e. The summed E-state index contributed by atoms with van der Waals surface area (Å²) >= 11 is 0. The summed E-state index contributed by atoms with van der Waals surface area (Å²) in [6.07, 6.45) is 0.704. The van der Waals surface area contributed by atoms with E-state index < -0.39 is 22.4 Å². The largest absolute Gasteiger partial charge is 0.465 e. The molecule has 0 unspecified atom stereocenters. The van der Waals surface area contributed by atoms with E-state index in [0.29, 0.717) is 6.61 Å². The first-order valence-electron chi connectivity index (χ1n) is 5.95. The number of hydrogen-bond acceptors (Lipinski definition) is 6. The first-order chi connectivity index (χ1) is 9.54. The topological polar surface area (TPSA) is 90.7 Å². The van der Waals surface area contributed by atoms with Gasteiger partial charge < -0.3 is 14.8 Å². The molecule has 0 spiro atoms. The fourth-order valence-electron chi connectivity index (χ4n) is 1.82. The Labute approximate surface area is 113 Å². The van der Waals surface area contributed by atoms with Crippen molar-refractivity contribution in [3.63, 3.8) is 0 Å². The smallest absolute Gasteiger partial charge is 0.340 e. The lowest BCUT2D eigenvalue weighted by atomic mass is 10.1. The van der Waals surface area contributed by atoms with Crippen LogP contribution in [0.5, 0.6) is 0 Å². The van der Waals surface area contributed by atoms with Gasteiger partial charge in [0.1, 0.15) is 0 Å². The third-order valence-corrected chi connectivity index (χ3v) is 3.02. The molecule has 1 fully saturated rings. The molecule has 1 heterocycles. The fourth-order valence-corrected chi connectivity index (χ4v) is 1.82. The van der Waals surface area contributed by atoms with Crippen molar-refractivity contribution in [2.24, 2.45) is 0 Å². The Balaban J connectivity index is 2.32. The van der Waals surface area contributed by atoms with E-state index in [9.17, 15) is 19.3 Å². The van der Waals surface area contributed by atoms with Crippen LogP contribution in [0, 0.1) is 15.9 Å². The first kappa shape index (κ1) is 14.2. The number of carbonyl (C=O) groups excluding carboxylic acids is 1. The minimum absolute atomic E-state index is 0.101. The van der Waals surface area contributed by atoms with Gasteiger partial charge in [-0.15, -0.1) is 0 Å². The number of halogens is 1. The average molecular weight is 284 g/mol. The summed E-state index contributed by atoms with van der Waals surface area (Å²) in [6, 6.07) is 2.10. The second kappa shape index (κ2) is 5.83. The lowest BCUT2D eigenvalue weighted by Crippen LogP contribution is -2.33. The quantitative estimate of drug-likeness (QED) is 0.503. The first-order valence-corrected chi connectivity index (χ1v) is 5.95. The maximum atomic E-state index is 14.2. The van der Waals surface area contributed by atoms with Crippen LogP contribution >= 0.6 is 0 Å². The van der Waals surface area contributed by atoms with Crippen LogP contribution in [0.25, 0.3) is 0 Å². The van der Waals surface area contributed by atoms with Crippen LogP contribution in [-0.2, 0) is 9.47 Å². The van der Waals surface area contributed by atoms with Gasteiger partial charge in [0.2, 0.25) is 0 Å². The molecule has 8 heteroatoms. The van der Waals surface area contributed by atoms with Crippen LogP contribution in [-0.4, -0.2) is 37.3 Å². The van der Waals surface area contributed by atoms with E-state index in [1.807, 2.05) is 0 Å². The Bertz CT molecular complexity index is 545. The number of nitrogens with one attached hydrogen (secondary N) is 1. The summed E-state index contributed by atoms with van der Waals surface area (Å²) in [5.74, 6) is -1.88. The number of nitro groups is 1. The summed E-state index contributed by atoms with van der Waals surface area (Å²) in [7, 11) is 1.11. The van der Waals surface area contributed by atoms with Crippen molar-refractivity contribution < 1.29 is 23.6 Å². The summed E-state index contributed by atoms with van der Waals surface area (Å²) in [5, 5.41) is 13.5. The highest BCUT2D eigenvalue weighted by atomic mass is 19.1. The normalized spacial score (nSPS) is 17.2. The van der Waals surface area contributed by atoms with E-state index in [4.69, 9.17) is 4.74 Å². The molecular weight excluding hydrogens is 271 g/mol. The number of rotatable bonds is 5. The Morgan fingerprint density at radius 3 is 2.85 bits per heavy atom. The third kappa shape index (κ3) is 2.69. The van der Waals surface area contributed by atoms with Crippen LogP contribution in [0.15, 0.2) is 12.1 Å². The van der Waals surface area contributed by atoms with Crippen LogP contribution < -0.4 is 5.32 Å². The van der Waals surface area contributed by atoms with Gasteiger partial charge in [-0.2, -0.15) is 0 Å². The van der Waals surface area contributed by atoms with Gasteiger partial charge in [0.05, 0.1) is 23.7 Å². The number of methoxy groups -OCH3 is 1. The molecule has 1 N–H and O–H groups in total. The van der Waals surface area contributed by atoms with Gasteiger partial charge in [0.25, 0.3) is 5.69 Å². The summed E-state index contributed by atoms with van der Waals surface area (Å²) in [6.45, 7) is 0.863. The molecule has 0 aromatic heterocycles. The lowest BCUT2D eigenvalue weighted by molar-refractivity contribution is -0.384. The van der Waals surface area contributed by atoms with Crippen molar-refractivity contribution in [1.29, 1.82) is 0 Å². The number of hydrogen-bond donors (Lipinski definition) is 1. The van der Waals surface area contributed by atoms with E-state index in [0.717, 1.165) is 25.7 Å². The Morgan fingerprint density at radius 1 is 1.65 bits per heavy atom. The number of anilines is 1. The summed E-state index contributed by atoms with van der Waals surface area (Å²) in [4.78, 5) is 21.6. The van der Waals surface area contributed by atoms with Crippen molar-refractivity contribution in [2.75, 3.05) is 25.6 Å². The van der Waals surface area contributed by atoms with Crippen molar-refractivity contribution in [3.05, 3.63) is 33.6 Å². The monoisotopic (exact) mass is 284 g/mol. The van der Waals surface area contributed by atoms with Gasteiger partial charge in [0, 0.05) is 19.2 Å². The second-order valence-electron chi connectivity index (χ2n) is 4.23. The summed E-state index contributed by atoms with van der Waals surface area (Å²) < 4.78 is 23.8. The van der Waals surface area contributed by atoms with E-state index in [1.54, 1.807) is 0 Å². The molecule has 1 aromatic rings. The van der Waals surface area contributed by atoms with E-state index in [1.165, 1.54) is 0 Å². The Kier molecular flexibility index (Phi) is 4.14. The highest BCUT2D eigenvalue weighted by Gasteiger charge is 2.26. The molecule has 0 aliphatic carbocycles. The number of nitro benzene ring substituents is 1. The zero-order valence-corrected chi connectivity index (χ0v) is 10.7. The zero-order chi connectivity index (χ0) is 14.7. The number of ether oxygens (including phenoxy) is 2. The molecule has 0 radical (unpaired) electrons. The highest BCUT2D eigenvalue weighted by Crippen LogP contribution is 2.30. The van der Waals surface area contributed by atoms with Crippen LogP contribution in [0.2, 0.25) is 0 Å². The zero-order valence-electron chi connectivity index (χ0n) is 10.7. The average Bonchev–Trinajstić information content (AvgIpc) is 2.37. The van der Waals surface area contributed by atoms with Gasteiger partial charge in [-0.25, -0.2) is 9.18 Å². The molecule has 1 aliphatic rings. The lowest BCUT2D eigenvalue weighted by Gasteiger charge is -2.26. The maximum absolute atomic E-state index is 14.2. The molecular formula is C12H13FN2O5. The Hall–Kier alpha value is -2.22. The molecule has 0 amide bonds. The third-order valence-electron chi connectivity index (χ3n) is 3.02.